The number of hydrogen-bond donors (Lipinski definition) is 0. The van der Waals surface area contributed by atoms with Gasteiger partial charge >= 0.3 is 6.09 Å². The van der Waals surface area contributed by atoms with Gasteiger partial charge in [-0.05, 0) is 46.0 Å². The molecule has 6 nitrogen and oxygen atoms in total. The number of piperidine rings is 1. The summed E-state index contributed by atoms with van der Waals surface area (Å²) < 4.78 is 33.2. The summed E-state index contributed by atoms with van der Waals surface area (Å²) in [4.78, 5) is 14.2. The lowest BCUT2D eigenvalue weighted by Crippen LogP contribution is -2.50. The highest BCUT2D eigenvalue weighted by molar-refractivity contribution is 7.86. The first kappa shape index (κ1) is 16.5. The number of rotatable bonds is 4. The smallest absolute Gasteiger partial charge is 0.410 e. The van der Waals surface area contributed by atoms with Crippen molar-refractivity contribution in [2.75, 3.05) is 6.26 Å². The molecule has 2 heterocycles. The van der Waals surface area contributed by atoms with E-state index in [2.05, 4.69) is 0 Å². The van der Waals surface area contributed by atoms with Crippen LogP contribution in [0.2, 0.25) is 0 Å². The first-order valence-electron chi connectivity index (χ1n) is 7.51. The van der Waals surface area contributed by atoms with E-state index in [1.165, 1.54) is 0 Å². The lowest BCUT2D eigenvalue weighted by molar-refractivity contribution is -0.0151. The normalized spacial score (nSPS) is 29.5. The Morgan fingerprint density at radius 2 is 1.76 bits per heavy atom. The van der Waals surface area contributed by atoms with Crippen LogP contribution < -0.4 is 0 Å². The topological polar surface area (TPSA) is 72.9 Å². The molecule has 0 aromatic carbocycles. The number of carbonyl (C=O) groups is 1. The minimum absolute atomic E-state index is 0.0238. The highest BCUT2D eigenvalue weighted by Crippen LogP contribution is 2.38. The quantitative estimate of drug-likeness (QED) is 0.743. The minimum Gasteiger partial charge on any atom is -0.443 e. The number of amides is 1. The highest BCUT2D eigenvalue weighted by atomic mass is 32.2. The van der Waals surface area contributed by atoms with Crippen LogP contribution in [-0.4, -0.2) is 49.5 Å². The van der Waals surface area contributed by atoms with Gasteiger partial charge in [0.25, 0.3) is 10.1 Å². The summed E-state index contributed by atoms with van der Waals surface area (Å²) in [6.45, 7) is 5.77. The Kier molecular flexibility index (Phi) is 4.54. The number of fused-ring (bicyclic) bond motifs is 2. The van der Waals surface area contributed by atoms with Crippen molar-refractivity contribution < 1.29 is 22.1 Å². The Morgan fingerprint density at radius 1 is 1.24 bits per heavy atom. The van der Waals surface area contributed by atoms with E-state index in [0.717, 1.165) is 25.5 Å². The molecule has 7 heteroatoms. The average molecular weight is 319 g/mol. The molecule has 0 radical (unpaired) electrons. The molecule has 0 aromatic heterocycles. The van der Waals surface area contributed by atoms with Gasteiger partial charge in [0.1, 0.15) is 5.60 Å². The first-order chi connectivity index (χ1) is 9.61. The van der Waals surface area contributed by atoms with Crippen molar-refractivity contribution in [1.82, 2.24) is 4.90 Å². The molecule has 2 atom stereocenters. The standard InChI is InChI=1S/C14H25NO5S/c1-5-14(2,3)19-13(16)15-10-6-7-11(15)9-12(8-10)20-21(4,17)18/h10-12H,5-9H2,1-4H3. The van der Waals surface area contributed by atoms with Gasteiger partial charge in [0.05, 0.1) is 12.4 Å². The van der Waals surface area contributed by atoms with Gasteiger partial charge in [-0.1, -0.05) is 6.92 Å². The van der Waals surface area contributed by atoms with Crippen molar-refractivity contribution in [2.45, 2.75) is 76.7 Å². The van der Waals surface area contributed by atoms with Crippen LogP contribution in [0, 0.1) is 0 Å². The maximum Gasteiger partial charge on any atom is 0.410 e. The van der Waals surface area contributed by atoms with Gasteiger partial charge in [0, 0.05) is 12.1 Å². The van der Waals surface area contributed by atoms with Crippen LogP contribution in [-0.2, 0) is 19.0 Å². The molecule has 2 fully saturated rings. The lowest BCUT2D eigenvalue weighted by Gasteiger charge is -2.39. The predicted octanol–water partition coefficient (Wildman–Crippen LogP) is 2.28. The van der Waals surface area contributed by atoms with Crippen molar-refractivity contribution >= 4 is 16.2 Å². The van der Waals surface area contributed by atoms with Gasteiger partial charge in [-0.2, -0.15) is 8.42 Å². The second kappa shape index (κ2) is 5.76. The second-order valence-corrected chi connectivity index (χ2v) is 8.27. The molecule has 2 bridgehead atoms. The third kappa shape index (κ3) is 4.10. The molecule has 0 saturated carbocycles. The summed E-state index contributed by atoms with van der Waals surface area (Å²) in [5.74, 6) is 0. The van der Waals surface area contributed by atoms with E-state index >= 15 is 0 Å². The monoisotopic (exact) mass is 319 g/mol. The fourth-order valence-corrected chi connectivity index (χ4v) is 3.76. The Morgan fingerprint density at radius 3 is 2.19 bits per heavy atom. The van der Waals surface area contributed by atoms with E-state index < -0.39 is 15.7 Å². The predicted molar refractivity (Wildman–Crippen MR) is 78.5 cm³/mol. The van der Waals surface area contributed by atoms with E-state index in [0.29, 0.717) is 12.8 Å². The van der Waals surface area contributed by atoms with Crippen molar-refractivity contribution in [3.63, 3.8) is 0 Å². The summed E-state index contributed by atoms with van der Waals surface area (Å²) in [6.07, 6.45) is 4.11. The Labute approximate surface area is 126 Å². The summed E-state index contributed by atoms with van der Waals surface area (Å²) in [5, 5.41) is 0. The van der Waals surface area contributed by atoms with Crippen LogP contribution in [0.5, 0.6) is 0 Å². The summed E-state index contributed by atoms with van der Waals surface area (Å²) in [6, 6.07) is 0.0475. The fraction of sp³-hybridized carbons (Fsp3) is 0.929. The van der Waals surface area contributed by atoms with E-state index in [1.807, 2.05) is 20.8 Å². The third-order valence-electron chi connectivity index (χ3n) is 4.43. The zero-order chi connectivity index (χ0) is 15.8. The number of carbonyl (C=O) groups excluding carboxylic acids is 1. The van der Waals surface area contributed by atoms with Crippen LogP contribution >= 0.6 is 0 Å². The van der Waals surface area contributed by atoms with Gasteiger partial charge in [0.15, 0.2) is 0 Å². The first-order valence-corrected chi connectivity index (χ1v) is 9.32. The van der Waals surface area contributed by atoms with Gasteiger partial charge in [-0.25, -0.2) is 4.79 Å². The molecular formula is C14H25NO5S. The van der Waals surface area contributed by atoms with Crippen molar-refractivity contribution in [1.29, 1.82) is 0 Å². The molecule has 2 unspecified atom stereocenters. The molecule has 0 aliphatic carbocycles. The van der Waals surface area contributed by atoms with Gasteiger partial charge in [-0.3, -0.25) is 4.18 Å². The highest BCUT2D eigenvalue weighted by Gasteiger charge is 2.46. The Hall–Kier alpha value is -0.820. The van der Waals surface area contributed by atoms with E-state index in [4.69, 9.17) is 8.92 Å². The van der Waals surface area contributed by atoms with Crippen molar-refractivity contribution in [3.8, 4) is 0 Å². The Bertz CT molecular complexity index is 487. The van der Waals surface area contributed by atoms with E-state index in [-0.39, 0.29) is 24.3 Å². The van der Waals surface area contributed by atoms with E-state index in [9.17, 15) is 13.2 Å². The molecular weight excluding hydrogens is 294 g/mol. The number of nitrogens with zero attached hydrogens (tertiary/aromatic N) is 1. The van der Waals surface area contributed by atoms with Gasteiger partial charge in [0.2, 0.25) is 0 Å². The maximum atomic E-state index is 12.4. The Balaban J connectivity index is 2.01. The molecule has 2 aliphatic heterocycles. The zero-order valence-electron chi connectivity index (χ0n) is 13.2. The van der Waals surface area contributed by atoms with Crippen LogP contribution in [0.15, 0.2) is 0 Å². The molecule has 0 spiro atoms. The average Bonchev–Trinajstić information content (AvgIpc) is 2.59. The maximum absolute atomic E-state index is 12.4. The minimum atomic E-state index is -3.45. The summed E-state index contributed by atoms with van der Waals surface area (Å²) in [7, 11) is -3.45. The lowest BCUT2D eigenvalue weighted by atomic mass is 10.0. The second-order valence-electron chi connectivity index (χ2n) is 6.67. The van der Waals surface area contributed by atoms with Crippen molar-refractivity contribution in [3.05, 3.63) is 0 Å². The van der Waals surface area contributed by atoms with Gasteiger partial charge in [-0.15, -0.1) is 0 Å². The molecule has 0 N–H and O–H groups in total. The molecule has 2 saturated heterocycles. The molecule has 1 amide bonds. The summed E-state index contributed by atoms with van der Waals surface area (Å²) in [5.41, 5.74) is -0.476. The largest absolute Gasteiger partial charge is 0.443 e. The van der Waals surface area contributed by atoms with Crippen LogP contribution in [0.25, 0.3) is 0 Å². The number of hydrogen-bond acceptors (Lipinski definition) is 5. The van der Waals surface area contributed by atoms with E-state index in [1.54, 1.807) is 4.90 Å². The molecule has 2 aliphatic rings. The zero-order valence-corrected chi connectivity index (χ0v) is 14.0. The SMILES string of the molecule is CCC(C)(C)OC(=O)N1C2CCC1CC(OS(C)(=O)=O)C2. The van der Waals surface area contributed by atoms with Crippen LogP contribution in [0.1, 0.15) is 52.9 Å². The molecule has 0 aromatic rings. The number of ether oxygens (including phenoxy) is 1. The third-order valence-corrected chi connectivity index (χ3v) is 5.05. The molecule has 21 heavy (non-hydrogen) atoms. The van der Waals surface area contributed by atoms with Crippen LogP contribution in [0.3, 0.4) is 0 Å². The van der Waals surface area contributed by atoms with Gasteiger partial charge < -0.3 is 9.64 Å². The molecule has 2 rings (SSSR count). The fourth-order valence-electron chi connectivity index (χ4n) is 3.11. The van der Waals surface area contributed by atoms with Crippen molar-refractivity contribution in [2.24, 2.45) is 0 Å². The summed E-state index contributed by atoms with van der Waals surface area (Å²) >= 11 is 0. The van der Waals surface area contributed by atoms with Crippen LogP contribution in [0.4, 0.5) is 4.79 Å². The molecule has 122 valence electrons.